The number of H-pyrrole nitrogens is 1. The zero-order valence-corrected chi connectivity index (χ0v) is 14.5. The van der Waals surface area contributed by atoms with E-state index in [0.29, 0.717) is 22.6 Å². The first kappa shape index (κ1) is 15.3. The third kappa shape index (κ3) is 2.92. The maximum Gasteiger partial charge on any atom is 0.251 e. The zero-order chi connectivity index (χ0) is 16.7. The number of imidazole rings is 1. The SMILES string of the molecule is Cc1cc(-c2nnc(CSc3nc4ccc(Cl)cc4[nH]3)o2)c(C)o1. The van der Waals surface area contributed by atoms with Crippen LogP contribution in [0.15, 0.2) is 38.3 Å². The molecule has 0 spiro atoms. The van der Waals surface area contributed by atoms with Gasteiger partial charge in [0, 0.05) is 5.02 Å². The Morgan fingerprint density at radius 1 is 1.17 bits per heavy atom. The molecule has 0 unspecified atom stereocenters. The van der Waals surface area contributed by atoms with Gasteiger partial charge in [-0.05, 0) is 38.1 Å². The Kier molecular flexibility index (Phi) is 3.82. The maximum absolute atomic E-state index is 5.98. The lowest BCUT2D eigenvalue weighted by Crippen LogP contribution is -1.81. The minimum Gasteiger partial charge on any atom is -0.466 e. The van der Waals surface area contributed by atoms with Crippen molar-refractivity contribution in [2.24, 2.45) is 0 Å². The fourth-order valence-electron chi connectivity index (χ4n) is 2.42. The van der Waals surface area contributed by atoms with E-state index in [1.165, 1.54) is 11.8 Å². The molecule has 0 saturated heterocycles. The van der Waals surface area contributed by atoms with Gasteiger partial charge in [-0.1, -0.05) is 23.4 Å². The molecular weight excluding hydrogens is 348 g/mol. The summed E-state index contributed by atoms with van der Waals surface area (Å²) >= 11 is 7.47. The van der Waals surface area contributed by atoms with Gasteiger partial charge in [0.2, 0.25) is 5.89 Å². The Morgan fingerprint density at radius 2 is 2.04 bits per heavy atom. The van der Waals surface area contributed by atoms with Crippen LogP contribution in [0.5, 0.6) is 0 Å². The van der Waals surface area contributed by atoms with Crippen LogP contribution >= 0.6 is 23.4 Å². The fourth-order valence-corrected chi connectivity index (χ4v) is 3.31. The van der Waals surface area contributed by atoms with E-state index in [0.717, 1.165) is 33.3 Å². The summed E-state index contributed by atoms with van der Waals surface area (Å²) in [4.78, 5) is 7.72. The van der Waals surface area contributed by atoms with E-state index in [-0.39, 0.29) is 0 Å². The van der Waals surface area contributed by atoms with E-state index in [1.54, 1.807) is 0 Å². The highest BCUT2D eigenvalue weighted by Crippen LogP contribution is 2.28. The lowest BCUT2D eigenvalue weighted by molar-refractivity contribution is 0.499. The van der Waals surface area contributed by atoms with Crippen molar-refractivity contribution in [1.29, 1.82) is 0 Å². The predicted octanol–water partition coefficient (Wildman–Crippen LogP) is 4.77. The number of halogens is 1. The highest BCUT2D eigenvalue weighted by atomic mass is 35.5. The summed E-state index contributed by atoms with van der Waals surface area (Å²) in [5.74, 6) is 3.11. The van der Waals surface area contributed by atoms with Gasteiger partial charge in [0.15, 0.2) is 5.16 Å². The zero-order valence-electron chi connectivity index (χ0n) is 13.0. The van der Waals surface area contributed by atoms with Crippen LogP contribution in [-0.4, -0.2) is 20.2 Å². The minimum atomic E-state index is 0.469. The van der Waals surface area contributed by atoms with E-state index in [2.05, 4.69) is 20.2 Å². The van der Waals surface area contributed by atoms with E-state index in [4.69, 9.17) is 20.4 Å². The molecule has 122 valence electrons. The van der Waals surface area contributed by atoms with E-state index < -0.39 is 0 Å². The molecule has 0 saturated carbocycles. The van der Waals surface area contributed by atoms with Gasteiger partial charge in [0.05, 0.1) is 22.3 Å². The van der Waals surface area contributed by atoms with Gasteiger partial charge in [0.1, 0.15) is 11.5 Å². The maximum atomic E-state index is 5.98. The van der Waals surface area contributed by atoms with Crippen LogP contribution < -0.4 is 0 Å². The van der Waals surface area contributed by atoms with Crippen LogP contribution in [0.4, 0.5) is 0 Å². The van der Waals surface area contributed by atoms with Crippen molar-refractivity contribution in [3.05, 3.63) is 46.7 Å². The average molecular weight is 361 g/mol. The Bertz CT molecular complexity index is 1020. The third-order valence-electron chi connectivity index (χ3n) is 3.49. The number of thioether (sulfide) groups is 1. The molecule has 0 aliphatic rings. The summed E-state index contributed by atoms with van der Waals surface area (Å²) in [6, 6.07) is 7.44. The molecule has 0 radical (unpaired) electrons. The van der Waals surface area contributed by atoms with Gasteiger partial charge in [-0.15, -0.1) is 10.2 Å². The smallest absolute Gasteiger partial charge is 0.251 e. The van der Waals surface area contributed by atoms with Gasteiger partial charge in [-0.3, -0.25) is 0 Å². The van der Waals surface area contributed by atoms with Crippen molar-refractivity contribution < 1.29 is 8.83 Å². The van der Waals surface area contributed by atoms with Crippen LogP contribution in [-0.2, 0) is 5.75 Å². The first-order chi connectivity index (χ1) is 11.6. The van der Waals surface area contributed by atoms with Crippen molar-refractivity contribution in [2.75, 3.05) is 0 Å². The molecule has 0 aliphatic heterocycles. The van der Waals surface area contributed by atoms with Crippen LogP contribution in [0, 0.1) is 13.8 Å². The summed E-state index contributed by atoms with van der Waals surface area (Å²) < 4.78 is 11.2. The van der Waals surface area contributed by atoms with Gasteiger partial charge in [-0.2, -0.15) is 0 Å². The first-order valence-corrected chi connectivity index (χ1v) is 8.63. The van der Waals surface area contributed by atoms with E-state index in [1.807, 2.05) is 38.1 Å². The first-order valence-electron chi connectivity index (χ1n) is 7.26. The number of benzene rings is 1. The minimum absolute atomic E-state index is 0.469. The number of nitrogens with one attached hydrogen (secondary N) is 1. The number of furan rings is 1. The van der Waals surface area contributed by atoms with Gasteiger partial charge in [-0.25, -0.2) is 4.98 Å². The van der Waals surface area contributed by atoms with Crippen LogP contribution in [0.2, 0.25) is 5.02 Å². The summed E-state index contributed by atoms with van der Waals surface area (Å²) in [6.45, 7) is 3.76. The van der Waals surface area contributed by atoms with Crippen LogP contribution in [0.25, 0.3) is 22.5 Å². The number of rotatable bonds is 4. The molecule has 6 nitrogen and oxygen atoms in total. The molecule has 3 aromatic heterocycles. The van der Waals surface area contributed by atoms with Crippen molar-refractivity contribution >= 4 is 34.4 Å². The van der Waals surface area contributed by atoms with Crippen LogP contribution in [0.1, 0.15) is 17.4 Å². The number of hydrogen-bond donors (Lipinski definition) is 1. The molecule has 0 aliphatic carbocycles. The number of aromatic nitrogens is 4. The molecule has 24 heavy (non-hydrogen) atoms. The molecule has 3 heterocycles. The molecule has 4 aromatic rings. The summed E-state index contributed by atoms with van der Waals surface area (Å²) in [5, 5.41) is 9.63. The Morgan fingerprint density at radius 3 is 2.83 bits per heavy atom. The second-order valence-corrected chi connectivity index (χ2v) is 6.72. The van der Waals surface area contributed by atoms with Gasteiger partial charge >= 0.3 is 0 Å². The van der Waals surface area contributed by atoms with Crippen molar-refractivity contribution in [3.63, 3.8) is 0 Å². The Balaban J connectivity index is 1.50. The lowest BCUT2D eigenvalue weighted by atomic mass is 10.2. The normalized spacial score (nSPS) is 11.5. The van der Waals surface area contributed by atoms with Crippen molar-refractivity contribution in [3.8, 4) is 11.5 Å². The van der Waals surface area contributed by atoms with Crippen LogP contribution in [0.3, 0.4) is 0 Å². The quantitative estimate of drug-likeness (QED) is 0.528. The van der Waals surface area contributed by atoms with E-state index in [9.17, 15) is 0 Å². The third-order valence-corrected chi connectivity index (χ3v) is 4.59. The number of aromatic amines is 1. The number of nitrogens with zero attached hydrogens (tertiary/aromatic N) is 3. The molecule has 0 atom stereocenters. The average Bonchev–Trinajstić information content (AvgIpc) is 3.23. The van der Waals surface area contributed by atoms with Gasteiger partial charge < -0.3 is 13.8 Å². The summed E-state index contributed by atoms with van der Waals surface area (Å²) in [6.07, 6.45) is 0. The highest BCUT2D eigenvalue weighted by molar-refractivity contribution is 7.98. The molecule has 1 aromatic carbocycles. The van der Waals surface area contributed by atoms with Gasteiger partial charge in [0.25, 0.3) is 5.89 Å². The molecule has 4 rings (SSSR count). The fraction of sp³-hybridized carbons (Fsp3) is 0.188. The van der Waals surface area contributed by atoms with Crippen molar-refractivity contribution in [1.82, 2.24) is 20.2 Å². The number of hydrogen-bond acceptors (Lipinski definition) is 6. The predicted molar refractivity (Wildman–Crippen MR) is 92.1 cm³/mol. The standard InChI is InChI=1S/C16H13ClN4O2S/c1-8-5-11(9(2)22-8)15-21-20-14(23-15)7-24-16-18-12-4-3-10(17)6-13(12)19-16/h3-6H,7H2,1-2H3,(H,18,19). The number of fused-ring (bicyclic) bond motifs is 1. The topological polar surface area (TPSA) is 80.7 Å². The molecule has 1 N–H and O–H groups in total. The largest absolute Gasteiger partial charge is 0.466 e. The molecule has 0 amide bonds. The Labute approximate surface area is 146 Å². The summed E-state index contributed by atoms with van der Waals surface area (Å²) in [5.41, 5.74) is 2.60. The monoisotopic (exact) mass is 360 g/mol. The molecule has 8 heteroatoms. The highest BCUT2D eigenvalue weighted by Gasteiger charge is 2.15. The second-order valence-electron chi connectivity index (χ2n) is 5.32. The molecular formula is C16H13ClN4O2S. The Hall–Kier alpha value is -2.25. The van der Waals surface area contributed by atoms with E-state index >= 15 is 0 Å². The summed E-state index contributed by atoms with van der Waals surface area (Å²) in [7, 11) is 0. The molecule has 0 fully saturated rings. The lowest BCUT2D eigenvalue weighted by Gasteiger charge is -1.92. The number of aryl methyl sites for hydroxylation is 2. The molecule has 0 bridgehead atoms. The second kappa shape index (κ2) is 5.99. The van der Waals surface area contributed by atoms with Crippen molar-refractivity contribution in [2.45, 2.75) is 24.8 Å².